The molecule has 3 heteroatoms. The van der Waals surface area contributed by atoms with Crippen LogP contribution < -0.4 is 0 Å². The van der Waals surface area contributed by atoms with Gasteiger partial charge in [0.25, 0.3) is 0 Å². The molecule has 0 aromatic rings. The fourth-order valence-corrected chi connectivity index (χ4v) is 3.64. The Kier molecular flexibility index (Phi) is 2.92. The van der Waals surface area contributed by atoms with Crippen LogP contribution in [0.15, 0.2) is 0 Å². The normalized spacial score (nSPS) is 26.6. The third kappa shape index (κ3) is 2.07. The summed E-state index contributed by atoms with van der Waals surface area (Å²) in [7, 11) is 5.47. The summed E-state index contributed by atoms with van der Waals surface area (Å²) in [6.07, 6.45) is 5.42. The minimum Gasteiger partial charge on any atom is -0.278 e. The molecule has 0 amide bonds. The number of likely N-dealkylation sites (tertiary alicyclic amines) is 2. The highest BCUT2D eigenvalue weighted by atomic mass is 31.0. The fourth-order valence-electron chi connectivity index (χ4n) is 2.10. The number of rotatable bonds is 0. The van der Waals surface area contributed by atoms with Crippen LogP contribution in [-0.4, -0.2) is 47.8 Å². The van der Waals surface area contributed by atoms with Gasteiger partial charge in [0, 0.05) is 23.9 Å². The zero-order chi connectivity index (χ0) is 9.26. The van der Waals surface area contributed by atoms with Crippen molar-refractivity contribution in [2.75, 3.05) is 27.2 Å². The number of hydrogen-bond donors (Lipinski definition) is 0. The molecule has 0 spiro atoms. The highest BCUT2D eigenvalue weighted by Gasteiger charge is 2.15. The molecule has 0 radical (unpaired) electrons. The summed E-state index contributed by atoms with van der Waals surface area (Å²) < 4.78 is 0. The van der Waals surface area contributed by atoms with Gasteiger partial charge >= 0.3 is 0 Å². The van der Waals surface area contributed by atoms with Gasteiger partial charge in [-0.15, -0.1) is 7.83 Å². The van der Waals surface area contributed by atoms with Gasteiger partial charge in [0.2, 0.25) is 0 Å². The molecule has 0 N–H and O–H groups in total. The molecule has 74 valence electrons. The predicted octanol–water partition coefficient (Wildman–Crippen LogP) is 1.38. The molecule has 2 aliphatic rings. The third-order valence-corrected chi connectivity index (χ3v) is 4.86. The van der Waals surface area contributed by atoms with Crippen molar-refractivity contribution in [3.05, 3.63) is 0 Å². The second-order valence-corrected chi connectivity index (χ2v) is 5.47. The van der Waals surface area contributed by atoms with Gasteiger partial charge in [-0.3, -0.25) is 9.80 Å². The largest absolute Gasteiger partial charge is 0.278 e. The van der Waals surface area contributed by atoms with E-state index in [1.54, 1.807) is 10.8 Å². The molecule has 2 aliphatic heterocycles. The SMILES string of the molecule is CN1CCCC1=[PH]=C1CCCN1C. The van der Waals surface area contributed by atoms with Crippen LogP contribution in [0.2, 0.25) is 0 Å². The quantitative estimate of drug-likeness (QED) is 0.542. The van der Waals surface area contributed by atoms with Gasteiger partial charge in [-0.2, -0.15) is 0 Å². The summed E-state index contributed by atoms with van der Waals surface area (Å²) in [5.74, 6) is 0. The lowest BCUT2D eigenvalue weighted by molar-refractivity contribution is 0.554. The van der Waals surface area contributed by atoms with Crippen LogP contribution in [0, 0.1) is 0 Å². The fraction of sp³-hybridized carbons (Fsp3) is 0.800. The summed E-state index contributed by atoms with van der Waals surface area (Å²) in [5, 5.41) is 0. The molecule has 0 unspecified atom stereocenters. The smallest absolute Gasteiger partial charge is 0.0118 e. The van der Waals surface area contributed by atoms with E-state index in [1.807, 2.05) is 0 Å². The van der Waals surface area contributed by atoms with E-state index in [-0.39, 0.29) is 0 Å². The predicted molar refractivity (Wildman–Crippen MR) is 62.1 cm³/mol. The highest BCUT2D eigenvalue weighted by Crippen LogP contribution is 2.17. The van der Waals surface area contributed by atoms with Crippen LogP contribution in [0.5, 0.6) is 0 Å². The Morgan fingerprint density at radius 3 is 1.69 bits per heavy atom. The molecule has 0 aliphatic carbocycles. The zero-order valence-electron chi connectivity index (χ0n) is 8.64. The van der Waals surface area contributed by atoms with E-state index in [1.165, 1.54) is 38.8 Å². The van der Waals surface area contributed by atoms with E-state index in [2.05, 4.69) is 23.9 Å². The van der Waals surface area contributed by atoms with Crippen LogP contribution in [0.25, 0.3) is 0 Å². The Morgan fingerprint density at radius 2 is 1.38 bits per heavy atom. The van der Waals surface area contributed by atoms with E-state index >= 15 is 0 Å². The second-order valence-electron chi connectivity index (χ2n) is 4.07. The first kappa shape index (κ1) is 9.51. The van der Waals surface area contributed by atoms with E-state index < -0.39 is 0 Å². The van der Waals surface area contributed by atoms with Crippen LogP contribution in [0.3, 0.4) is 0 Å². The molecule has 2 rings (SSSR count). The molecule has 0 saturated carbocycles. The first-order valence-electron chi connectivity index (χ1n) is 5.18. The third-order valence-electron chi connectivity index (χ3n) is 3.02. The van der Waals surface area contributed by atoms with E-state index in [9.17, 15) is 0 Å². The van der Waals surface area contributed by atoms with Crippen LogP contribution >= 0.6 is 7.83 Å². The molecular formula is C10H19N2P. The van der Waals surface area contributed by atoms with Crippen LogP contribution in [0.4, 0.5) is 0 Å². The standard InChI is InChI=1S/C10H19N2P/c1-11-7-3-5-9(11)13-10-6-4-8-12(10)2/h13H,3-8H2,1-2H3. The molecule has 2 nitrogen and oxygen atoms in total. The lowest BCUT2D eigenvalue weighted by atomic mass is 10.4. The summed E-state index contributed by atoms with van der Waals surface area (Å²) >= 11 is 0. The van der Waals surface area contributed by atoms with Crippen molar-refractivity contribution < 1.29 is 0 Å². The minimum absolute atomic E-state index is 0.985. The molecule has 2 heterocycles. The maximum atomic E-state index is 2.46. The summed E-state index contributed by atoms with van der Waals surface area (Å²) in [4.78, 5) is 4.91. The van der Waals surface area contributed by atoms with Crippen molar-refractivity contribution >= 4 is 18.7 Å². The molecule has 0 aromatic heterocycles. The Labute approximate surface area is 82.0 Å². The van der Waals surface area contributed by atoms with Crippen molar-refractivity contribution in [3.8, 4) is 0 Å². The van der Waals surface area contributed by atoms with Gasteiger partial charge in [-0.1, -0.05) is 0 Å². The van der Waals surface area contributed by atoms with E-state index in [0.717, 1.165) is 7.83 Å². The molecular weight excluding hydrogens is 179 g/mol. The minimum atomic E-state index is 0.985. The van der Waals surface area contributed by atoms with E-state index in [0.29, 0.717) is 0 Å². The van der Waals surface area contributed by atoms with Crippen molar-refractivity contribution in [1.29, 1.82) is 0 Å². The number of hydrogen-bond acceptors (Lipinski definition) is 0. The topological polar surface area (TPSA) is 6.48 Å². The monoisotopic (exact) mass is 198 g/mol. The molecule has 2 saturated heterocycles. The maximum absolute atomic E-state index is 2.46. The van der Waals surface area contributed by atoms with Gasteiger partial charge in [-0.25, -0.2) is 0 Å². The summed E-state index contributed by atoms with van der Waals surface area (Å²) in [5.41, 5.74) is 3.37. The van der Waals surface area contributed by atoms with Crippen molar-refractivity contribution in [3.63, 3.8) is 0 Å². The molecule has 0 atom stereocenters. The lowest BCUT2D eigenvalue weighted by Gasteiger charge is -2.11. The summed E-state index contributed by atoms with van der Waals surface area (Å²) in [6.45, 7) is 2.55. The average molecular weight is 198 g/mol. The molecule has 0 aromatic carbocycles. The molecule has 2 fully saturated rings. The molecule has 13 heavy (non-hydrogen) atoms. The van der Waals surface area contributed by atoms with Gasteiger partial charge in [0.1, 0.15) is 0 Å². The maximum Gasteiger partial charge on any atom is 0.0118 e. The molecule has 0 bridgehead atoms. The highest BCUT2D eigenvalue weighted by molar-refractivity contribution is 7.42. The van der Waals surface area contributed by atoms with Gasteiger partial charge < -0.3 is 0 Å². The Bertz CT molecular complexity index is 242. The Morgan fingerprint density at radius 1 is 0.923 bits per heavy atom. The average Bonchev–Trinajstić information content (AvgIpc) is 2.65. The van der Waals surface area contributed by atoms with E-state index in [4.69, 9.17) is 0 Å². The van der Waals surface area contributed by atoms with Gasteiger partial charge in [-0.05, 0) is 39.8 Å². The van der Waals surface area contributed by atoms with Crippen LogP contribution in [-0.2, 0) is 0 Å². The zero-order valence-corrected chi connectivity index (χ0v) is 9.64. The van der Waals surface area contributed by atoms with Gasteiger partial charge in [0.15, 0.2) is 0 Å². The van der Waals surface area contributed by atoms with Crippen molar-refractivity contribution in [1.82, 2.24) is 9.80 Å². The second kappa shape index (κ2) is 4.00. The van der Waals surface area contributed by atoms with Gasteiger partial charge in [0.05, 0.1) is 0 Å². The summed E-state index contributed by atoms with van der Waals surface area (Å²) in [6, 6.07) is 0. The van der Waals surface area contributed by atoms with Crippen molar-refractivity contribution in [2.45, 2.75) is 25.7 Å². The lowest BCUT2D eigenvalue weighted by Crippen LogP contribution is -2.20. The van der Waals surface area contributed by atoms with Crippen molar-refractivity contribution in [2.24, 2.45) is 0 Å². The first-order chi connectivity index (χ1) is 6.27. The Balaban J connectivity index is 2.24. The number of nitrogens with zero attached hydrogens (tertiary/aromatic N) is 2. The Hall–Kier alpha value is -0.0400. The first-order valence-corrected chi connectivity index (χ1v) is 6.18. The van der Waals surface area contributed by atoms with Crippen LogP contribution in [0.1, 0.15) is 25.7 Å².